The number of pyridine rings is 1. The number of nitrogens with one attached hydrogen (secondary N) is 1. The predicted molar refractivity (Wildman–Crippen MR) is 116 cm³/mol. The van der Waals surface area contributed by atoms with Crippen molar-refractivity contribution in [3.8, 4) is 0 Å². The topological polar surface area (TPSA) is 63.1 Å². The fraction of sp³-hybridized carbons (Fsp3) is 0.500. The zero-order valence-corrected chi connectivity index (χ0v) is 18.8. The third-order valence-electron chi connectivity index (χ3n) is 5.46. The lowest BCUT2D eigenvalue weighted by atomic mass is 9.78. The first kappa shape index (κ1) is 23.3. The molecule has 2 aliphatic rings. The summed E-state index contributed by atoms with van der Waals surface area (Å²) in [4.78, 5) is 23.4. The van der Waals surface area contributed by atoms with Crippen LogP contribution in [0.4, 0.5) is 0 Å². The number of aromatic nitrogens is 3. The van der Waals surface area contributed by atoms with Gasteiger partial charge < -0.3 is 14.8 Å². The van der Waals surface area contributed by atoms with Crippen LogP contribution < -0.4 is 5.32 Å². The molecular weight excluding hydrogens is 441 g/mol. The number of hydrogen-bond donors (Lipinski definition) is 1. The summed E-state index contributed by atoms with van der Waals surface area (Å²) in [6.07, 6.45) is 8.59. The lowest BCUT2D eigenvalue weighted by Gasteiger charge is -2.38. The zero-order valence-electron chi connectivity index (χ0n) is 15.6. The van der Waals surface area contributed by atoms with Crippen molar-refractivity contribution < 1.29 is 4.79 Å². The quantitative estimate of drug-likeness (QED) is 0.751. The smallest absolute Gasteiger partial charge is 0.255 e. The summed E-state index contributed by atoms with van der Waals surface area (Å²) in [5.74, 6) is 0.0220. The number of imidazole rings is 1. The van der Waals surface area contributed by atoms with E-state index in [1.54, 1.807) is 18.5 Å². The van der Waals surface area contributed by atoms with Gasteiger partial charge >= 0.3 is 0 Å². The van der Waals surface area contributed by atoms with E-state index in [0.29, 0.717) is 21.0 Å². The van der Waals surface area contributed by atoms with Crippen LogP contribution in [-0.2, 0) is 7.05 Å². The average Bonchev–Trinajstić information content (AvgIpc) is 3.26. The Bertz CT molecular complexity index is 815. The van der Waals surface area contributed by atoms with Crippen molar-refractivity contribution in [2.24, 2.45) is 12.5 Å². The molecule has 2 aliphatic heterocycles. The molecule has 0 unspecified atom stereocenters. The Labute approximate surface area is 186 Å². The molecule has 4 heterocycles. The first-order valence-electron chi connectivity index (χ1n) is 8.87. The molecule has 0 atom stereocenters. The lowest BCUT2D eigenvalue weighted by molar-refractivity contribution is 0.0607. The number of aryl methyl sites for hydroxylation is 1. The van der Waals surface area contributed by atoms with Crippen LogP contribution in [0.1, 0.15) is 29.6 Å². The van der Waals surface area contributed by atoms with Gasteiger partial charge in [-0.2, -0.15) is 0 Å². The van der Waals surface area contributed by atoms with Crippen LogP contribution in [0.3, 0.4) is 0 Å². The number of halogens is 3. The second-order valence-electron chi connectivity index (χ2n) is 7.15. The number of rotatable bonds is 3. The molecule has 10 heteroatoms. The standard InChI is InChI=1S/C18H22ClN5OS.2ClH/c1-23-9-6-21-17(23)26-15-14(19)10-13(11-22-15)16(25)24-7-3-18(4-8-24)2-5-20-12-18;;/h6,9-11,20H,2-5,7-8,12H2,1H3;2*1H. The Morgan fingerprint density at radius 3 is 2.57 bits per heavy atom. The van der Waals surface area contributed by atoms with Crippen molar-refractivity contribution in [1.29, 1.82) is 0 Å². The normalized spacial score (nSPS) is 17.9. The van der Waals surface area contributed by atoms with Gasteiger partial charge in [0.2, 0.25) is 0 Å². The third-order valence-corrected chi connectivity index (χ3v) is 6.96. The van der Waals surface area contributed by atoms with Crippen molar-refractivity contribution >= 4 is 54.1 Å². The van der Waals surface area contributed by atoms with E-state index in [2.05, 4.69) is 15.3 Å². The van der Waals surface area contributed by atoms with Crippen molar-refractivity contribution in [2.45, 2.75) is 29.4 Å². The van der Waals surface area contributed by atoms with E-state index < -0.39 is 0 Å². The molecule has 2 aromatic heterocycles. The van der Waals surface area contributed by atoms with Crippen LogP contribution in [0.2, 0.25) is 5.02 Å². The summed E-state index contributed by atoms with van der Waals surface area (Å²) in [5, 5.41) is 5.41. The molecule has 28 heavy (non-hydrogen) atoms. The maximum Gasteiger partial charge on any atom is 0.255 e. The number of carbonyl (C=O) groups excluding carboxylic acids is 1. The van der Waals surface area contributed by atoms with Gasteiger partial charge in [-0.25, -0.2) is 9.97 Å². The van der Waals surface area contributed by atoms with Crippen LogP contribution in [0.15, 0.2) is 34.8 Å². The molecule has 1 spiro atoms. The molecular formula is C18H24Cl3N5OS. The van der Waals surface area contributed by atoms with Gasteiger partial charge in [-0.05, 0) is 49.1 Å². The first-order chi connectivity index (χ1) is 12.6. The van der Waals surface area contributed by atoms with Crippen molar-refractivity contribution in [1.82, 2.24) is 24.8 Å². The van der Waals surface area contributed by atoms with E-state index in [1.165, 1.54) is 18.2 Å². The van der Waals surface area contributed by atoms with Gasteiger partial charge in [0.25, 0.3) is 5.91 Å². The molecule has 1 N–H and O–H groups in total. The highest BCUT2D eigenvalue weighted by Gasteiger charge is 2.38. The summed E-state index contributed by atoms with van der Waals surface area (Å²) in [6.45, 7) is 3.80. The Hall–Kier alpha value is -0.990. The van der Waals surface area contributed by atoms with Gasteiger partial charge in [-0.15, -0.1) is 24.8 Å². The molecule has 4 rings (SSSR count). The molecule has 0 saturated carbocycles. The van der Waals surface area contributed by atoms with E-state index in [9.17, 15) is 4.79 Å². The number of amides is 1. The number of piperidine rings is 1. The van der Waals surface area contributed by atoms with Gasteiger partial charge in [0.05, 0.1) is 10.6 Å². The number of hydrogen-bond acceptors (Lipinski definition) is 5. The highest BCUT2D eigenvalue weighted by atomic mass is 35.5. The lowest BCUT2D eigenvalue weighted by Crippen LogP contribution is -2.44. The Kier molecular flexibility index (Phi) is 8.05. The van der Waals surface area contributed by atoms with Gasteiger partial charge in [0, 0.05) is 45.3 Å². The molecule has 0 aliphatic carbocycles. The number of nitrogens with zero attached hydrogens (tertiary/aromatic N) is 4. The summed E-state index contributed by atoms with van der Waals surface area (Å²) in [5.41, 5.74) is 0.953. The maximum atomic E-state index is 12.8. The van der Waals surface area contributed by atoms with E-state index in [1.807, 2.05) is 22.7 Å². The molecule has 2 saturated heterocycles. The zero-order chi connectivity index (χ0) is 18.1. The van der Waals surface area contributed by atoms with E-state index in [0.717, 1.165) is 44.2 Å². The molecule has 2 aromatic rings. The van der Waals surface area contributed by atoms with Crippen molar-refractivity contribution in [3.05, 3.63) is 35.2 Å². The summed E-state index contributed by atoms with van der Waals surface area (Å²) < 4.78 is 1.91. The first-order valence-corrected chi connectivity index (χ1v) is 10.1. The summed E-state index contributed by atoms with van der Waals surface area (Å²) in [6, 6.07) is 1.73. The summed E-state index contributed by atoms with van der Waals surface area (Å²) >= 11 is 7.77. The van der Waals surface area contributed by atoms with Gasteiger partial charge in [0.15, 0.2) is 5.16 Å². The Balaban J connectivity index is 0.00000140. The van der Waals surface area contributed by atoms with Gasteiger partial charge in [-0.3, -0.25) is 4.79 Å². The molecule has 1 amide bonds. The second kappa shape index (κ2) is 9.67. The second-order valence-corrected chi connectivity index (χ2v) is 8.52. The Morgan fingerprint density at radius 2 is 2.00 bits per heavy atom. The molecule has 6 nitrogen and oxygen atoms in total. The van der Waals surface area contributed by atoms with E-state index in [4.69, 9.17) is 11.6 Å². The van der Waals surface area contributed by atoms with Crippen LogP contribution in [0.5, 0.6) is 0 Å². The van der Waals surface area contributed by atoms with Crippen molar-refractivity contribution in [3.63, 3.8) is 0 Å². The molecule has 0 bridgehead atoms. The SMILES string of the molecule is Cl.Cl.Cn1ccnc1Sc1ncc(C(=O)N2CCC3(CCNC3)CC2)cc1Cl. The predicted octanol–water partition coefficient (Wildman–Crippen LogP) is 3.68. The molecule has 154 valence electrons. The number of likely N-dealkylation sites (tertiary alicyclic amines) is 1. The van der Waals surface area contributed by atoms with Crippen LogP contribution in [0.25, 0.3) is 0 Å². The van der Waals surface area contributed by atoms with Crippen molar-refractivity contribution in [2.75, 3.05) is 26.2 Å². The highest BCUT2D eigenvalue weighted by molar-refractivity contribution is 7.99. The molecule has 2 fully saturated rings. The average molecular weight is 465 g/mol. The molecule has 0 radical (unpaired) electrons. The van der Waals surface area contributed by atoms with E-state index in [-0.39, 0.29) is 30.7 Å². The van der Waals surface area contributed by atoms with Crippen LogP contribution >= 0.6 is 48.2 Å². The van der Waals surface area contributed by atoms with Gasteiger partial charge in [0.1, 0.15) is 5.03 Å². The van der Waals surface area contributed by atoms with Crippen LogP contribution in [0, 0.1) is 5.41 Å². The highest BCUT2D eigenvalue weighted by Crippen LogP contribution is 2.37. The fourth-order valence-corrected chi connectivity index (χ4v) is 4.78. The number of carbonyl (C=O) groups is 1. The monoisotopic (exact) mass is 463 g/mol. The van der Waals surface area contributed by atoms with Gasteiger partial charge in [-0.1, -0.05) is 11.6 Å². The summed E-state index contributed by atoms with van der Waals surface area (Å²) in [7, 11) is 1.92. The van der Waals surface area contributed by atoms with E-state index >= 15 is 0 Å². The fourth-order valence-electron chi connectivity index (χ4n) is 3.74. The van der Waals surface area contributed by atoms with Crippen LogP contribution in [-0.4, -0.2) is 51.5 Å². The third kappa shape index (κ3) is 4.76. The minimum Gasteiger partial charge on any atom is -0.339 e. The largest absolute Gasteiger partial charge is 0.339 e. The minimum absolute atomic E-state index is 0. The minimum atomic E-state index is 0. The Morgan fingerprint density at radius 1 is 1.25 bits per heavy atom. The molecule has 0 aromatic carbocycles. The maximum absolute atomic E-state index is 12.8.